The second kappa shape index (κ2) is 7.08. The van der Waals surface area contributed by atoms with E-state index in [0.717, 1.165) is 18.5 Å². The topological polar surface area (TPSA) is 55.1 Å². The van der Waals surface area contributed by atoms with Crippen molar-refractivity contribution in [3.63, 3.8) is 0 Å². The van der Waals surface area contributed by atoms with Crippen LogP contribution >= 0.6 is 11.6 Å². The summed E-state index contributed by atoms with van der Waals surface area (Å²) in [5.74, 6) is -0.463. The minimum absolute atomic E-state index is 0.433. The fraction of sp³-hybridized carbons (Fsp3) is 0.188. The lowest BCUT2D eigenvalue weighted by Crippen LogP contribution is -2.17. The Morgan fingerprint density at radius 2 is 1.90 bits per heavy atom. The average molecular weight is 289 g/mol. The summed E-state index contributed by atoms with van der Waals surface area (Å²) in [5.41, 5.74) is 7.90. The van der Waals surface area contributed by atoms with Crippen molar-refractivity contribution in [2.24, 2.45) is 5.73 Å². The van der Waals surface area contributed by atoms with Crippen LogP contribution in [0, 0.1) is 0 Å². The number of carbonyl (C=O) groups is 1. The summed E-state index contributed by atoms with van der Waals surface area (Å²) in [5, 5.41) is 3.90. The molecule has 0 bridgehead atoms. The van der Waals surface area contributed by atoms with E-state index in [-0.39, 0.29) is 0 Å². The lowest BCUT2D eigenvalue weighted by atomic mass is 10.1. The summed E-state index contributed by atoms with van der Waals surface area (Å²) in [6, 6.07) is 15.4. The van der Waals surface area contributed by atoms with Gasteiger partial charge in [-0.05, 0) is 36.2 Å². The third-order valence-electron chi connectivity index (χ3n) is 3.09. The maximum atomic E-state index is 11.0. The van der Waals surface area contributed by atoms with Crippen molar-refractivity contribution in [1.82, 2.24) is 5.32 Å². The Kier molecular flexibility index (Phi) is 5.16. The Balaban J connectivity index is 1.84. The molecule has 2 aromatic carbocycles. The molecular formula is C16H17ClN2O. The van der Waals surface area contributed by atoms with Gasteiger partial charge in [0.05, 0.1) is 0 Å². The first kappa shape index (κ1) is 14.6. The summed E-state index contributed by atoms with van der Waals surface area (Å²) in [4.78, 5) is 11.0. The Hall–Kier alpha value is -1.84. The Morgan fingerprint density at radius 3 is 2.55 bits per heavy atom. The lowest BCUT2D eigenvalue weighted by molar-refractivity contribution is 0.100. The number of carbonyl (C=O) groups excluding carboxylic acids is 1. The van der Waals surface area contributed by atoms with E-state index in [1.54, 1.807) is 12.1 Å². The number of nitrogens with two attached hydrogens (primary N) is 1. The quantitative estimate of drug-likeness (QED) is 0.803. The zero-order chi connectivity index (χ0) is 14.4. The number of halogens is 1. The maximum Gasteiger partial charge on any atom is 0.248 e. The van der Waals surface area contributed by atoms with Crippen LogP contribution in [0.4, 0.5) is 0 Å². The molecule has 0 fully saturated rings. The monoisotopic (exact) mass is 288 g/mol. The molecule has 0 unspecified atom stereocenters. The van der Waals surface area contributed by atoms with Gasteiger partial charge in [-0.2, -0.15) is 0 Å². The van der Waals surface area contributed by atoms with Gasteiger partial charge in [-0.3, -0.25) is 4.79 Å². The van der Waals surface area contributed by atoms with Crippen molar-refractivity contribution in [3.05, 3.63) is 70.2 Å². The van der Waals surface area contributed by atoms with Gasteiger partial charge in [0.2, 0.25) is 5.91 Å². The second-order valence-corrected chi connectivity index (χ2v) is 4.99. The highest BCUT2D eigenvalue weighted by Crippen LogP contribution is 2.17. The van der Waals surface area contributed by atoms with E-state index in [4.69, 9.17) is 17.3 Å². The number of rotatable bonds is 6. The predicted octanol–water partition coefficient (Wildman–Crippen LogP) is 2.77. The van der Waals surface area contributed by atoms with Crippen LogP contribution in [0.15, 0.2) is 48.5 Å². The van der Waals surface area contributed by atoms with Crippen LogP contribution in [-0.2, 0) is 13.0 Å². The van der Waals surface area contributed by atoms with Crippen molar-refractivity contribution in [1.29, 1.82) is 0 Å². The van der Waals surface area contributed by atoms with Crippen molar-refractivity contribution < 1.29 is 4.79 Å². The molecule has 3 nitrogen and oxygen atoms in total. The van der Waals surface area contributed by atoms with E-state index in [0.29, 0.717) is 17.1 Å². The third-order valence-corrected chi connectivity index (χ3v) is 3.44. The molecule has 0 heterocycles. The molecule has 2 rings (SSSR count). The molecule has 1 amide bonds. The van der Waals surface area contributed by atoms with E-state index in [1.165, 1.54) is 5.56 Å². The van der Waals surface area contributed by atoms with Crippen molar-refractivity contribution in [3.8, 4) is 0 Å². The molecule has 0 saturated carbocycles. The van der Waals surface area contributed by atoms with E-state index in [9.17, 15) is 4.79 Å². The van der Waals surface area contributed by atoms with Crippen LogP contribution in [-0.4, -0.2) is 12.5 Å². The van der Waals surface area contributed by atoms with E-state index in [2.05, 4.69) is 17.4 Å². The summed E-state index contributed by atoms with van der Waals surface area (Å²) in [6.45, 7) is 1.54. The highest BCUT2D eigenvalue weighted by Gasteiger charge is 2.05. The molecular weight excluding hydrogens is 272 g/mol. The van der Waals surface area contributed by atoms with E-state index < -0.39 is 5.91 Å². The first-order chi connectivity index (χ1) is 9.66. The third kappa shape index (κ3) is 4.08. The average Bonchev–Trinajstić information content (AvgIpc) is 2.46. The largest absolute Gasteiger partial charge is 0.366 e. The summed E-state index contributed by atoms with van der Waals surface area (Å²) < 4.78 is 0. The molecule has 3 N–H and O–H groups in total. The number of primary amides is 1. The normalized spacial score (nSPS) is 10.4. The minimum Gasteiger partial charge on any atom is -0.366 e. The highest BCUT2D eigenvalue weighted by molar-refractivity contribution is 6.31. The van der Waals surface area contributed by atoms with Gasteiger partial charge in [0.1, 0.15) is 0 Å². The van der Waals surface area contributed by atoms with Crippen LogP contribution in [0.25, 0.3) is 0 Å². The summed E-state index contributed by atoms with van der Waals surface area (Å²) >= 11 is 6.12. The standard InChI is InChI=1S/C16H17ClN2O/c17-15-10-13(16(18)20)6-7-14(15)11-19-9-8-12-4-2-1-3-5-12/h1-7,10,19H,8-9,11H2,(H2,18,20). The minimum atomic E-state index is -0.463. The van der Waals surface area contributed by atoms with Crippen molar-refractivity contribution in [2.75, 3.05) is 6.54 Å². The first-order valence-electron chi connectivity index (χ1n) is 6.49. The van der Waals surface area contributed by atoms with Gasteiger partial charge in [-0.15, -0.1) is 0 Å². The van der Waals surface area contributed by atoms with Gasteiger partial charge in [-0.25, -0.2) is 0 Å². The number of benzene rings is 2. The molecule has 2 aromatic rings. The second-order valence-electron chi connectivity index (χ2n) is 4.58. The molecule has 20 heavy (non-hydrogen) atoms. The van der Waals surface area contributed by atoms with Crippen molar-refractivity contribution in [2.45, 2.75) is 13.0 Å². The van der Waals surface area contributed by atoms with Crippen LogP contribution in [0.1, 0.15) is 21.5 Å². The lowest BCUT2D eigenvalue weighted by Gasteiger charge is -2.08. The molecule has 0 aliphatic heterocycles. The fourth-order valence-electron chi connectivity index (χ4n) is 1.94. The van der Waals surface area contributed by atoms with Gasteiger partial charge in [-0.1, -0.05) is 48.0 Å². The van der Waals surface area contributed by atoms with E-state index >= 15 is 0 Å². The van der Waals surface area contributed by atoms with Crippen LogP contribution in [0.5, 0.6) is 0 Å². The van der Waals surface area contributed by atoms with Crippen LogP contribution < -0.4 is 11.1 Å². The maximum absolute atomic E-state index is 11.0. The SMILES string of the molecule is NC(=O)c1ccc(CNCCc2ccccc2)c(Cl)c1. The number of nitrogens with one attached hydrogen (secondary N) is 1. The zero-order valence-corrected chi connectivity index (χ0v) is 11.9. The Labute approximate surface area is 123 Å². The van der Waals surface area contributed by atoms with Gasteiger partial charge in [0.25, 0.3) is 0 Å². The molecule has 0 radical (unpaired) electrons. The van der Waals surface area contributed by atoms with Gasteiger partial charge in [0.15, 0.2) is 0 Å². The zero-order valence-electron chi connectivity index (χ0n) is 11.1. The molecule has 0 atom stereocenters. The van der Waals surface area contributed by atoms with E-state index in [1.807, 2.05) is 24.3 Å². The van der Waals surface area contributed by atoms with Gasteiger partial charge >= 0.3 is 0 Å². The van der Waals surface area contributed by atoms with Crippen molar-refractivity contribution >= 4 is 17.5 Å². The number of amides is 1. The molecule has 0 aliphatic carbocycles. The summed E-state index contributed by atoms with van der Waals surface area (Å²) in [7, 11) is 0. The highest BCUT2D eigenvalue weighted by atomic mass is 35.5. The smallest absolute Gasteiger partial charge is 0.248 e. The number of hydrogen-bond acceptors (Lipinski definition) is 2. The molecule has 0 aliphatic rings. The van der Waals surface area contributed by atoms with Crippen LogP contribution in [0.2, 0.25) is 5.02 Å². The molecule has 104 valence electrons. The fourth-order valence-corrected chi connectivity index (χ4v) is 2.19. The Bertz CT molecular complexity index is 584. The predicted molar refractivity (Wildman–Crippen MR) is 81.8 cm³/mol. The van der Waals surface area contributed by atoms with Crippen LogP contribution in [0.3, 0.4) is 0 Å². The van der Waals surface area contributed by atoms with Gasteiger partial charge in [0, 0.05) is 17.1 Å². The molecule has 0 saturated heterocycles. The molecule has 0 aromatic heterocycles. The number of hydrogen-bond donors (Lipinski definition) is 2. The summed E-state index contributed by atoms with van der Waals surface area (Å²) in [6.07, 6.45) is 0.970. The molecule has 4 heteroatoms. The van der Waals surface area contributed by atoms with Gasteiger partial charge < -0.3 is 11.1 Å². The molecule has 0 spiro atoms. The Morgan fingerprint density at radius 1 is 1.15 bits per heavy atom. The first-order valence-corrected chi connectivity index (χ1v) is 6.87.